The molecule has 0 aliphatic carbocycles. The Morgan fingerprint density at radius 2 is 1.40 bits per heavy atom. The Balaban J connectivity index is 2.19. The number of hydrogen-bond acceptors (Lipinski definition) is 3. The van der Waals surface area contributed by atoms with Crippen molar-refractivity contribution in [1.29, 1.82) is 0 Å². The van der Waals surface area contributed by atoms with Gasteiger partial charge >= 0.3 is 44.0 Å². The molecule has 3 saturated heterocycles. The van der Waals surface area contributed by atoms with E-state index in [-0.39, 0.29) is 0 Å². The molecule has 26 valence electrons. The predicted molar refractivity (Wildman–Crippen MR) is 14.8 cm³/mol. The van der Waals surface area contributed by atoms with Crippen LogP contribution in [0.5, 0.6) is 0 Å². The first-order valence-electron chi connectivity index (χ1n) is 1.25. The fourth-order valence-electron chi connectivity index (χ4n) is 0.235. The average molecular weight is 238 g/mol. The van der Waals surface area contributed by atoms with Crippen LogP contribution < -0.4 is 0 Å². The Morgan fingerprint density at radius 3 is 1.40 bits per heavy atom. The van der Waals surface area contributed by atoms with E-state index in [4.69, 9.17) is 5.53 Å². The summed E-state index contributed by atoms with van der Waals surface area (Å²) in [4.78, 5) is 0. The molecule has 3 fully saturated rings. The molecule has 0 aromatic heterocycles. The molecule has 5 heteroatoms. The van der Waals surface area contributed by atoms with Gasteiger partial charge in [0, 0.05) is 0 Å². The third kappa shape index (κ3) is 0.328. The molecule has 0 unspecified atom stereocenters. The molecule has 0 N–H and O–H groups in total. The van der Waals surface area contributed by atoms with Crippen LogP contribution in [0.15, 0.2) is 0 Å². The zero-order valence-corrected chi connectivity index (χ0v) is 7.42. The molecule has 0 radical (unpaired) electrons. The summed E-state index contributed by atoms with van der Waals surface area (Å²) < 4.78 is 14.8. The molecule has 0 atom stereocenters. The standard InChI is InChI=1S/AsO3.In/c2-1(3)4;/q-3;+3. The van der Waals surface area contributed by atoms with Crippen LogP contribution in [0.1, 0.15) is 0 Å². The van der Waals surface area contributed by atoms with Crippen molar-refractivity contribution in [2.24, 2.45) is 0 Å². The van der Waals surface area contributed by atoms with E-state index in [0.29, 0.717) is 0 Å². The van der Waals surface area contributed by atoms with Gasteiger partial charge in [-0.2, -0.15) is 0 Å². The second-order valence-corrected chi connectivity index (χ2v) is 14.1. The van der Waals surface area contributed by atoms with E-state index in [1.54, 1.807) is 0 Å². The first-order chi connectivity index (χ1) is 2.45. The fraction of sp³-hybridized carbons (Fsp3) is 0. The Morgan fingerprint density at radius 1 is 1.20 bits per heavy atom. The van der Waals surface area contributed by atoms with Crippen molar-refractivity contribution in [2.75, 3.05) is 0 Å². The second kappa shape index (κ2) is 0.927. The van der Waals surface area contributed by atoms with Crippen LogP contribution in [0.25, 0.3) is 0 Å². The zero-order chi connectivity index (χ0) is 3.28. The van der Waals surface area contributed by atoms with Crippen molar-refractivity contribution >= 4 is 38.4 Å². The summed E-state index contributed by atoms with van der Waals surface area (Å²) in [5, 5.41) is 0. The Hall–Kier alpha value is 1.31. The van der Waals surface area contributed by atoms with Gasteiger partial charge < -0.3 is 0 Å². The van der Waals surface area contributed by atoms with Crippen LogP contribution in [0, 0.1) is 0 Å². The molecule has 3 heterocycles. The molecule has 3 aliphatic rings. The third-order valence-electron chi connectivity index (χ3n) is 0.516. The Labute approximate surface area is 43.9 Å². The maximum atomic E-state index is 4.94. The van der Waals surface area contributed by atoms with Crippen LogP contribution in [0.3, 0.4) is 0 Å². The monoisotopic (exact) mass is 238 g/mol. The number of hydrogen-bond donors (Lipinski definition) is 0. The maximum absolute atomic E-state index is 4.94. The molecule has 2 bridgehead atoms. The van der Waals surface area contributed by atoms with Crippen molar-refractivity contribution < 1.29 is 5.53 Å². The Kier molecular flexibility index (Phi) is 0.617. The van der Waals surface area contributed by atoms with Gasteiger partial charge in [-0.3, -0.25) is 0 Å². The van der Waals surface area contributed by atoms with Crippen molar-refractivity contribution in [3.63, 3.8) is 0 Å². The van der Waals surface area contributed by atoms with E-state index in [1.165, 1.54) is 0 Å². The molecular weight excluding hydrogens is 238 g/mol. The van der Waals surface area contributed by atoms with Crippen molar-refractivity contribution in [3.05, 3.63) is 0 Å². The molecular formula is AsInO3. The molecule has 0 aromatic carbocycles. The van der Waals surface area contributed by atoms with Gasteiger partial charge in [0.15, 0.2) is 0 Å². The van der Waals surface area contributed by atoms with E-state index in [9.17, 15) is 0 Å². The summed E-state index contributed by atoms with van der Waals surface area (Å²) in [5.74, 6) is 0. The van der Waals surface area contributed by atoms with E-state index in [1.807, 2.05) is 0 Å². The van der Waals surface area contributed by atoms with E-state index >= 15 is 0 Å². The normalized spacial score (nSPS) is 32.4. The van der Waals surface area contributed by atoms with Gasteiger partial charge in [-0.25, -0.2) is 0 Å². The summed E-state index contributed by atoms with van der Waals surface area (Å²) in [6.07, 6.45) is 0. The van der Waals surface area contributed by atoms with Crippen LogP contribution in [0.2, 0.25) is 0 Å². The SMILES string of the molecule is [O]1[As]2[O][In]1[O]2. The van der Waals surface area contributed by atoms with E-state index in [0.717, 1.165) is 0 Å². The second-order valence-electron chi connectivity index (χ2n) is 0.829. The topological polar surface area (TPSA) is 27.7 Å². The minimum atomic E-state index is -1.79. The zero-order valence-electron chi connectivity index (χ0n) is 2.25. The first kappa shape index (κ1) is 3.33. The fourth-order valence-corrected chi connectivity index (χ4v) is 8.17. The molecule has 3 rings (SSSR count). The van der Waals surface area contributed by atoms with E-state index < -0.39 is 38.4 Å². The number of rotatable bonds is 0. The van der Waals surface area contributed by atoms with Crippen molar-refractivity contribution in [1.82, 2.24) is 0 Å². The van der Waals surface area contributed by atoms with Crippen LogP contribution in [0.4, 0.5) is 0 Å². The van der Waals surface area contributed by atoms with Gasteiger partial charge in [0.25, 0.3) is 0 Å². The summed E-state index contributed by atoms with van der Waals surface area (Å²) in [6, 6.07) is 0. The van der Waals surface area contributed by atoms with Crippen LogP contribution in [-0.4, -0.2) is 38.4 Å². The summed E-state index contributed by atoms with van der Waals surface area (Å²) in [7, 11) is 0. The third-order valence-corrected chi connectivity index (χ3v) is 18.0. The summed E-state index contributed by atoms with van der Waals surface area (Å²) in [5.41, 5.74) is 0. The summed E-state index contributed by atoms with van der Waals surface area (Å²) >= 11 is -3.07. The van der Waals surface area contributed by atoms with Crippen molar-refractivity contribution in [2.45, 2.75) is 0 Å². The molecule has 3 aliphatic heterocycles. The van der Waals surface area contributed by atoms with Gasteiger partial charge in [0.1, 0.15) is 0 Å². The molecule has 3 nitrogen and oxygen atoms in total. The first-order valence-corrected chi connectivity index (χ1v) is 7.59. The van der Waals surface area contributed by atoms with Crippen LogP contribution in [-0.2, 0) is 5.53 Å². The minimum absolute atomic E-state index is 1.28. The molecule has 0 aromatic rings. The van der Waals surface area contributed by atoms with Gasteiger partial charge in [0.05, 0.1) is 0 Å². The van der Waals surface area contributed by atoms with Gasteiger partial charge in [0.2, 0.25) is 0 Å². The summed E-state index contributed by atoms with van der Waals surface area (Å²) in [6.45, 7) is 0. The van der Waals surface area contributed by atoms with Crippen LogP contribution >= 0.6 is 0 Å². The predicted octanol–water partition coefficient (Wildman–Crippen LogP) is -0.967. The quantitative estimate of drug-likeness (QED) is 0.508. The van der Waals surface area contributed by atoms with Crippen molar-refractivity contribution in [3.8, 4) is 0 Å². The van der Waals surface area contributed by atoms with Gasteiger partial charge in [-0.15, -0.1) is 0 Å². The van der Waals surface area contributed by atoms with Gasteiger partial charge in [-0.1, -0.05) is 0 Å². The Bertz CT molecular complexity index is 43.6. The molecule has 5 heavy (non-hydrogen) atoms. The molecule has 0 amide bonds. The van der Waals surface area contributed by atoms with E-state index in [2.05, 4.69) is 0 Å². The molecule has 0 saturated carbocycles. The molecule has 0 spiro atoms. The van der Waals surface area contributed by atoms with Gasteiger partial charge in [-0.05, 0) is 0 Å². The average Bonchev–Trinajstić information content (AvgIpc) is 0.592.